The summed E-state index contributed by atoms with van der Waals surface area (Å²) in [6.07, 6.45) is -0.474. The van der Waals surface area contributed by atoms with Crippen LogP contribution in [-0.4, -0.2) is 42.3 Å². The summed E-state index contributed by atoms with van der Waals surface area (Å²) in [5.41, 5.74) is 0.449. The highest BCUT2D eigenvalue weighted by atomic mass is 35.5. The predicted octanol–water partition coefficient (Wildman–Crippen LogP) is 3.37. The quantitative estimate of drug-likeness (QED) is 0.581. The molecule has 2 aromatic carbocycles. The maximum Gasteiger partial charge on any atom is 0.270 e. The lowest BCUT2D eigenvalue weighted by molar-refractivity contribution is -0.135. The van der Waals surface area contributed by atoms with Gasteiger partial charge in [0.2, 0.25) is 0 Å². The monoisotopic (exact) mass is 387 g/mol. The van der Waals surface area contributed by atoms with Gasteiger partial charge in [-0.25, -0.2) is 0 Å². The molecule has 0 aliphatic carbocycles. The number of Topliss-reactive ketones (excluding diaryl/α,β-unsaturated/α-hetero) is 1. The van der Waals surface area contributed by atoms with Gasteiger partial charge >= 0.3 is 0 Å². The Bertz CT molecular complexity index is 911. The van der Waals surface area contributed by atoms with E-state index < -0.39 is 30.2 Å². The Morgan fingerprint density at radius 1 is 1.22 bits per heavy atom. The van der Waals surface area contributed by atoms with Gasteiger partial charge in [0.15, 0.2) is 11.9 Å². The molecule has 0 fully saturated rings. The Balaban J connectivity index is 1.97. The Labute approximate surface area is 161 Å². The van der Waals surface area contributed by atoms with Crippen molar-refractivity contribution in [2.45, 2.75) is 19.4 Å². The van der Waals surface area contributed by atoms with Crippen LogP contribution < -0.4 is 9.47 Å². The third-order valence-corrected chi connectivity index (χ3v) is 4.54. The molecule has 0 aromatic heterocycles. The van der Waals surface area contributed by atoms with E-state index in [9.17, 15) is 14.4 Å². The van der Waals surface area contributed by atoms with Crippen molar-refractivity contribution >= 4 is 29.2 Å². The van der Waals surface area contributed by atoms with Crippen LogP contribution in [0.1, 0.15) is 34.1 Å². The van der Waals surface area contributed by atoms with E-state index in [2.05, 4.69) is 0 Å². The zero-order valence-corrected chi connectivity index (χ0v) is 15.7. The maximum atomic E-state index is 12.9. The molecule has 0 spiro atoms. The lowest BCUT2D eigenvalue weighted by atomic mass is 10.1. The summed E-state index contributed by atoms with van der Waals surface area (Å²) in [6.45, 7) is 1.35. The summed E-state index contributed by atoms with van der Waals surface area (Å²) in [5, 5.41) is 0.354. The molecule has 2 aromatic rings. The lowest BCUT2D eigenvalue weighted by Gasteiger charge is -2.21. The van der Waals surface area contributed by atoms with Crippen LogP contribution in [0, 0.1) is 0 Å². The number of hydrogen-bond donors (Lipinski definition) is 0. The van der Waals surface area contributed by atoms with E-state index in [1.165, 1.54) is 13.2 Å². The first-order valence-electron chi connectivity index (χ1n) is 8.44. The number of hydrogen-bond acceptors (Lipinski definition) is 5. The minimum Gasteiger partial charge on any atom is -0.496 e. The molecule has 140 valence electrons. The fraction of sp³-hybridized carbons (Fsp3) is 0.250. The number of nitrogens with zero attached hydrogens (tertiary/aromatic N) is 1. The maximum absolute atomic E-state index is 12.9. The van der Waals surface area contributed by atoms with Crippen molar-refractivity contribution in [2.75, 3.05) is 13.7 Å². The fourth-order valence-electron chi connectivity index (χ4n) is 2.90. The summed E-state index contributed by atoms with van der Waals surface area (Å²) in [6, 6.07) is 11.2. The van der Waals surface area contributed by atoms with Gasteiger partial charge in [-0.1, -0.05) is 30.7 Å². The van der Waals surface area contributed by atoms with Crippen LogP contribution in [-0.2, 0) is 4.79 Å². The number of para-hydroxylation sites is 1. The molecule has 7 heteroatoms. The second-order valence-corrected chi connectivity index (χ2v) is 6.44. The van der Waals surface area contributed by atoms with Crippen LogP contribution in [0.2, 0.25) is 5.02 Å². The number of carbonyl (C=O) groups excluding carboxylic acids is 3. The van der Waals surface area contributed by atoms with Crippen molar-refractivity contribution in [1.29, 1.82) is 0 Å². The number of benzene rings is 2. The van der Waals surface area contributed by atoms with E-state index in [0.29, 0.717) is 22.9 Å². The molecular formula is C20H18ClNO5. The molecule has 0 saturated carbocycles. The Kier molecular flexibility index (Phi) is 5.46. The number of methoxy groups -OCH3 is 1. The highest BCUT2D eigenvalue weighted by molar-refractivity contribution is 6.31. The molecule has 1 aliphatic rings. The summed E-state index contributed by atoms with van der Waals surface area (Å²) in [5.74, 6) is -0.917. The molecule has 1 aliphatic heterocycles. The first-order valence-corrected chi connectivity index (χ1v) is 8.82. The van der Waals surface area contributed by atoms with Gasteiger partial charge < -0.3 is 9.47 Å². The van der Waals surface area contributed by atoms with E-state index in [0.717, 1.165) is 4.90 Å². The summed E-state index contributed by atoms with van der Waals surface area (Å²) in [7, 11) is 1.43. The number of carbonyl (C=O) groups is 3. The van der Waals surface area contributed by atoms with Gasteiger partial charge in [-0.3, -0.25) is 19.3 Å². The molecule has 0 bridgehead atoms. The van der Waals surface area contributed by atoms with Gasteiger partial charge in [0.1, 0.15) is 11.5 Å². The standard InChI is InChI=1S/C20H18ClNO5/c1-3-16-20(25)22(19(24)13-6-4-5-7-18(13)27-16)11-15(23)14-10-12(21)8-9-17(14)26-2/h4-10,16H,3,11H2,1-2H3/t16-/m0/s1. The van der Waals surface area contributed by atoms with Crippen LogP contribution in [0.5, 0.6) is 11.5 Å². The average molecular weight is 388 g/mol. The zero-order valence-electron chi connectivity index (χ0n) is 14.9. The number of halogens is 1. The molecule has 0 N–H and O–H groups in total. The molecule has 27 heavy (non-hydrogen) atoms. The molecule has 0 unspecified atom stereocenters. The molecular weight excluding hydrogens is 370 g/mol. The van der Waals surface area contributed by atoms with E-state index in [-0.39, 0.29) is 11.1 Å². The van der Waals surface area contributed by atoms with Gasteiger partial charge in [0, 0.05) is 5.02 Å². The third-order valence-electron chi connectivity index (χ3n) is 4.31. The van der Waals surface area contributed by atoms with Crippen LogP contribution in [0.25, 0.3) is 0 Å². The number of ether oxygens (including phenoxy) is 2. The fourth-order valence-corrected chi connectivity index (χ4v) is 3.08. The summed E-state index contributed by atoms with van der Waals surface area (Å²) >= 11 is 5.98. The van der Waals surface area contributed by atoms with Crippen molar-refractivity contribution in [3.8, 4) is 11.5 Å². The molecule has 1 heterocycles. The highest BCUT2D eigenvalue weighted by Gasteiger charge is 2.36. The number of imide groups is 1. The second kappa shape index (κ2) is 7.80. The first-order chi connectivity index (χ1) is 13.0. The third kappa shape index (κ3) is 3.66. The largest absolute Gasteiger partial charge is 0.496 e. The summed E-state index contributed by atoms with van der Waals surface area (Å²) < 4.78 is 10.9. The molecule has 0 radical (unpaired) electrons. The van der Waals surface area contributed by atoms with Gasteiger partial charge in [-0.05, 0) is 36.8 Å². The number of amides is 2. The topological polar surface area (TPSA) is 72.9 Å². The molecule has 2 amide bonds. The Hall–Kier alpha value is -2.86. The minimum absolute atomic E-state index is 0.206. The van der Waals surface area contributed by atoms with Crippen molar-refractivity contribution < 1.29 is 23.9 Å². The van der Waals surface area contributed by atoms with Crippen molar-refractivity contribution in [3.63, 3.8) is 0 Å². The number of rotatable bonds is 5. The van der Waals surface area contributed by atoms with E-state index in [1.807, 2.05) is 0 Å². The number of fused-ring (bicyclic) bond motifs is 1. The van der Waals surface area contributed by atoms with E-state index in [1.54, 1.807) is 43.3 Å². The van der Waals surface area contributed by atoms with Gasteiger partial charge in [-0.15, -0.1) is 0 Å². The zero-order chi connectivity index (χ0) is 19.6. The predicted molar refractivity (Wildman–Crippen MR) is 99.5 cm³/mol. The van der Waals surface area contributed by atoms with Gasteiger partial charge in [0.25, 0.3) is 11.8 Å². The smallest absolute Gasteiger partial charge is 0.270 e. The molecule has 1 atom stereocenters. The second-order valence-electron chi connectivity index (χ2n) is 6.01. The van der Waals surface area contributed by atoms with Crippen molar-refractivity contribution in [2.24, 2.45) is 0 Å². The van der Waals surface area contributed by atoms with Crippen LogP contribution in [0.3, 0.4) is 0 Å². The van der Waals surface area contributed by atoms with Crippen LogP contribution in [0.15, 0.2) is 42.5 Å². The number of ketones is 1. The molecule has 0 saturated heterocycles. The Morgan fingerprint density at radius 3 is 2.67 bits per heavy atom. The highest BCUT2D eigenvalue weighted by Crippen LogP contribution is 2.28. The SMILES string of the molecule is CC[C@@H]1Oc2ccccc2C(=O)N(CC(=O)c2cc(Cl)ccc2OC)C1=O. The molecule has 6 nitrogen and oxygen atoms in total. The van der Waals surface area contributed by atoms with Crippen molar-refractivity contribution in [3.05, 3.63) is 58.6 Å². The van der Waals surface area contributed by atoms with E-state index in [4.69, 9.17) is 21.1 Å². The van der Waals surface area contributed by atoms with Crippen LogP contribution in [0.4, 0.5) is 0 Å². The lowest BCUT2D eigenvalue weighted by Crippen LogP contribution is -2.45. The van der Waals surface area contributed by atoms with Crippen LogP contribution >= 0.6 is 11.6 Å². The average Bonchev–Trinajstić information content (AvgIpc) is 2.78. The van der Waals surface area contributed by atoms with E-state index >= 15 is 0 Å². The van der Waals surface area contributed by atoms with Gasteiger partial charge in [0.05, 0.1) is 24.8 Å². The summed E-state index contributed by atoms with van der Waals surface area (Å²) in [4.78, 5) is 39.5. The minimum atomic E-state index is -0.841. The first kappa shape index (κ1) is 18.9. The van der Waals surface area contributed by atoms with Crippen molar-refractivity contribution in [1.82, 2.24) is 4.90 Å². The Morgan fingerprint density at radius 2 is 1.96 bits per heavy atom. The van der Waals surface area contributed by atoms with Gasteiger partial charge in [-0.2, -0.15) is 0 Å². The molecule has 3 rings (SSSR count). The normalized spacial score (nSPS) is 16.4.